The molecule has 0 saturated carbocycles. The zero-order chi connectivity index (χ0) is 40.7. The molecule has 11 nitrogen and oxygen atoms in total. The molecule has 0 aromatic heterocycles. The van der Waals surface area contributed by atoms with E-state index in [0.29, 0.717) is 12.8 Å². The minimum Gasteiger partial charge on any atom is -0.480 e. The predicted octanol–water partition coefficient (Wildman–Crippen LogP) is 10.4. The van der Waals surface area contributed by atoms with Crippen molar-refractivity contribution in [3.8, 4) is 0 Å². The summed E-state index contributed by atoms with van der Waals surface area (Å²) < 4.78 is 26.7. The van der Waals surface area contributed by atoms with Gasteiger partial charge in [0.05, 0.1) is 13.2 Å². The minimum atomic E-state index is -4.76. The molecule has 0 aromatic carbocycles. The molecule has 0 saturated heterocycles. The third kappa shape index (κ3) is 37.9. The molecule has 55 heavy (non-hydrogen) atoms. The van der Waals surface area contributed by atoms with Gasteiger partial charge in [0.2, 0.25) is 5.91 Å². The van der Waals surface area contributed by atoms with E-state index in [4.69, 9.17) is 13.8 Å². The minimum absolute atomic E-state index is 0.121. The molecule has 12 heteroatoms. The second kappa shape index (κ2) is 38.1. The maximum atomic E-state index is 12.3. The summed E-state index contributed by atoms with van der Waals surface area (Å²) in [7, 11) is -4.76. The Labute approximate surface area is 332 Å². The maximum absolute atomic E-state index is 12.3. The number of aliphatic carboxylic acids is 1. The van der Waals surface area contributed by atoms with Gasteiger partial charge >= 0.3 is 19.8 Å². The van der Waals surface area contributed by atoms with Crippen molar-refractivity contribution in [2.24, 2.45) is 0 Å². The molecule has 1 amide bonds. The number of amides is 1. The topological polar surface area (TPSA) is 169 Å². The lowest BCUT2D eigenvalue weighted by molar-refractivity contribution is -0.147. The summed E-state index contributed by atoms with van der Waals surface area (Å²) in [4.78, 5) is 45.8. The number of phosphoric ester groups is 1. The highest BCUT2D eigenvalue weighted by Gasteiger charge is 2.28. The first-order chi connectivity index (χ1) is 26.6. The number of unbranched alkanes of at least 4 members (excludes halogenated alkanes) is 14. The Morgan fingerprint density at radius 1 is 0.600 bits per heavy atom. The van der Waals surface area contributed by atoms with Crippen LogP contribution in [0.15, 0.2) is 60.8 Å². The van der Waals surface area contributed by atoms with Gasteiger partial charge in [-0.25, -0.2) is 9.36 Å². The van der Waals surface area contributed by atoms with Crippen LogP contribution < -0.4 is 5.32 Å². The number of nitrogens with one attached hydrogen (secondary N) is 1. The average molecular weight is 796 g/mol. The van der Waals surface area contributed by atoms with Crippen LogP contribution in [0.25, 0.3) is 0 Å². The van der Waals surface area contributed by atoms with Crippen LogP contribution in [-0.4, -0.2) is 64.9 Å². The maximum Gasteiger partial charge on any atom is 0.472 e. The van der Waals surface area contributed by atoms with Crippen molar-refractivity contribution >= 4 is 25.7 Å². The Morgan fingerprint density at radius 2 is 1.05 bits per heavy atom. The van der Waals surface area contributed by atoms with Crippen LogP contribution in [-0.2, 0) is 32.7 Å². The molecule has 0 aliphatic rings. The molecule has 0 fully saturated rings. The molecule has 0 aliphatic heterocycles. The number of carboxylic acids is 1. The molecule has 4 N–H and O–H groups in total. The smallest absolute Gasteiger partial charge is 0.472 e. The van der Waals surface area contributed by atoms with Crippen LogP contribution in [0.3, 0.4) is 0 Å². The fourth-order valence-electron chi connectivity index (χ4n) is 5.34. The number of esters is 1. The number of phosphoric acid groups is 1. The molecule has 0 spiro atoms. The zero-order valence-electron chi connectivity index (χ0n) is 34.0. The number of rotatable bonds is 38. The van der Waals surface area contributed by atoms with Gasteiger partial charge in [-0.15, -0.1) is 0 Å². The van der Waals surface area contributed by atoms with Crippen molar-refractivity contribution in [3.05, 3.63) is 60.8 Å². The molecular formula is C43H74NO10P. The zero-order valence-corrected chi connectivity index (χ0v) is 34.9. The van der Waals surface area contributed by atoms with E-state index in [0.717, 1.165) is 83.5 Å². The van der Waals surface area contributed by atoms with Gasteiger partial charge in [-0.1, -0.05) is 152 Å². The summed E-state index contributed by atoms with van der Waals surface area (Å²) >= 11 is 0. The summed E-state index contributed by atoms with van der Waals surface area (Å²) in [6.45, 7) is 2.43. The molecular weight excluding hydrogens is 721 g/mol. The Balaban J connectivity index is 3.98. The largest absolute Gasteiger partial charge is 0.480 e. The molecule has 0 aromatic rings. The predicted molar refractivity (Wildman–Crippen MR) is 222 cm³/mol. The number of hydrogen-bond acceptors (Lipinski definition) is 8. The van der Waals surface area contributed by atoms with Crippen molar-refractivity contribution < 1.29 is 47.8 Å². The molecule has 3 atom stereocenters. The fraction of sp³-hybridized carbons (Fsp3) is 0.698. The van der Waals surface area contributed by atoms with E-state index < -0.39 is 57.6 Å². The first kappa shape index (κ1) is 52.2. The van der Waals surface area contributed by atoms with E-state index in [1.54, 1.807) is 0 Å². The Hall–Kier alpha value is -2.82. The van der Waals surface area contributed by atoms with E-state index in [2.05, 4.69) is 79.9 Å². The van der Waals surface area contributed by atoms with E-state index in [9.17, 15) is 34.1 Å². The van der Waals surface area contributed by atoms with E-state index in [-0.39, 0.29) is 12.8 Å². The standard InChI is InChI=1S/C43H74NO10P/c1-3-5-7-9-11-13-15-16-17-18-19-20-21-22-23-24-25-26-28-30-32-34-41(46)44-40(43(48)49)38-54-55(50,51)53-37-39(45)36-52-42(47)35-33-31-29-27-14-12-10-8-6-4-2/h5,7,11,13,16-17,19-20,22-23,39-40,45H,3-4,6,8-10,12,14-15,18,21,24-38H2,1-2H3,(H,44,46)(H,48,49)(H,50,51)/b7-5-,13-11-,17-16-,20-19-,23-22-. The first-order valence-corrected chi connectivity index (χ1v) is 22.3. The van der Waals surface area contributed by atoms with Crippen molar-refractivity contribution in [2.45, 2.75) is 174 Å². The molecule has 0 heterocycles. The van der Waals surface area contributed by atoms with Gasteiger partial charge in [0.25, 0.3) is 0 Å². The normalized spacial score (nSPS) is 14.4. The number of aliphatic hydroxyl groups excluding tert-OH is 1. The van der Waals surface area contributed by atoms with Crippen molar-refractivity contribution in [2.75, 3.05) is 19.8 Å². The highest BCUT2D eigenvalue weighted by atomic mass is 31.2. The van der Waals surface area contributed by atoms with Crippen LogP contribution in [0.1, 0.15) is 162 Å². The Morgan fingerprint density at radius 3 is 1.58 bits per heavy atom. The number of allylic oxidation sites excluding steroid dienone is 10. The monoisotopic (exact) mass is 796 g/mol. The lowest BCUT2D eigenvalue weighted by Crippen LogP contribution is -2.43. The highest BCUT2D eigenvalue weighted by molar-refractivity contribution is 7.47. The second-order valence-corrected chi connectivity index (χ2v) is 15.3. The van der Waals surface area contributed by atoms with Crippen LogP contribution >= 0.6 is 7.82 Å². The van der Waals surface area contributed by atoms with E-state index in [1.165, 1.54) is 38.5 Å². The second-order valence-electron chi connectivity index (χ2n) is 13.8. The molecule has 0 radical (unpaired) electrons. The number of carbonyl (C=O) groups is 3. The number of aliphatic hydroxyl groups is 1. The van der Waals surface area contributed by atoms with E-state index in [1.807, 2.05) is 0 Å². The van der Waals surface area contributed by atoms with Gasteiger partial charge in [0.1, 0.15) is 12.7 Å². The van der Waals surface area contributed by atoms with Crippen LogP contribution in [0, 0.1) is 0 Å². The lowest BCUT2D eigenvalue weighted by atomic mass is 10.1. The Kier molecular flexibility index (Phi) is 36.1. The number of carbonyl (C=O) groups excluding carboxylic acids is 2. The summed E-state index contributed by atoms with van der Waals surface area (Å²) in [6, 6.07) is -1.56. The van der Waals surface area contributed by atoms with Crippen molar-refractivity contribution in [1.82, 2.24) is 5.32 Å². The third-order valence-electron chi connectivity index (χ3n) is 8.57. The number of ether oxygens (including phenoxy) is 1. The first-order valence-electron chi connectivity index (χ1n) is 20.8. The van der Waals surface area contributed by atoms with Crippen LogP contribution in [0.2, 0.25) is 0 Å². The molecule has 316 valence electrons. The summed E-state index contributed by atoms with van der Waals surface area (Å²) in [6.07, 6.45) is 42.5. The van der Waals surface area contributed by atoms with Crippen molar-refractivity contribution in [1.29, 1.82) is 0 Å². The molecule has 0 bridgehead atoms. The summed E-state index contributed by atoms with van der Waals surface area (Å²) in [5.41, 5.74) is 0. The molecule has 3 unspecified atom stereocenters. The molecule has 0 rings (SSSR count). The SMILES string of the molecule is CC/C=C\C/C=C\C/C=C\C/C=C\C/C=C\CCCCCCCC(=O)NC(COP(=O)(O)OCC(O)COC(=O)CCCCCCCCCCCC)C(=O)O. The van der Waals surface area contributed by atoms with Gasteiger partial charge in [-0.2, -0.15) is 0 Å². The van der Waals surface area contributed by atoms with Crippen molar-refractivity contribution in [3.63, 3.8) is 0 Å². The highest BCUT2D eigenvalue weighted by Crippen LogP contribution is 2.43. The number of hydrogen-bond donors (Lipinski definition) is 4. The van der Waals surface area contributed by atoms with Gasteiger partial charge in [0, 0.05) is 12.8 Å². The van der Waals surface area contributed by atoms with Crippen LogP contribution in [0.5, 0.6) is 0 Å². The Bertz CT molecular complexity index is 1170. The van der Waals surface area contributed by atoms with E-state index >= 15 is 0 Å². The average Bonchev–Trinajstić information content (AvgIpc) is 3.16. The summed E-state index contributed by atoms with van der Waals surface area (Å²) in [5, 5.41) is 21.8. The number of carboxylic acid groups (broad SMARTS) is 1. The fourth-order valence-corrected chi connectivity index (χ4v) is 6.11. The van der Waals surface area contributed by atoms with Crippen LogP contribution in [0.4, 0.5) is 0 Å². The quantitative estimate of drug-likeness (QED) is 0.0204. The lowest BCUT2D eigenvalue weighted by Gasteiger charge is -2.18. The third-order valence-corrected chi connectivity index (χ3v) is 9.52. The van der Waals surface area contributed by atoms with Gasteiger partial charge in [-0.3, -0.25) is 18.6 Å². The summed E-state index contributed by atoms with van der Waals surface area (Å²) in [5.74, 6) is -2.41. The van der Waals surface area contributed by atoms with Gasteiger partial charge < -0.3 is 25.2 Å². The molecule has 0 aliphatic carbocycles. The van der Waals surface area contributed by atoms with Gasteiger partial charge in [0.15, 0.2) is 6.04 Å². The van der Waals surface area contributed by atoms with Gasteiger partial charge in [-0.05, 0) is 57.8 Å².